The minimum absolute atomic E-state index is 0.0993. The lowest BCUT2D eigenvalue weighted by Crippen LogP contribution is -2.49. The standard InChI is InChI=1S/C42H49N3O4Si/c1-28(2)50(29(3)4,30(5)6)49-27-32-20-21-43-25-35(33-16-10-12-18-37(33)43)39-40(42(47)45(41(39)46)24-31-14-8-7-9-15-31)36-26-44(22-23-48-32)38-19-13-11-17-34(36)38/h7-19,25-26,28-30,32H,20-24,27H2,1-6H3/t32-/m0/s1. The molecule has 2 aliphatic heterocycles. The van der Waals surface area contributed by atoms with Crippen molar-refractivity contribution in [2.45, 2.75) is 90.3 Å². The van der Waals surface area contributed by atoms with Crippen molar-refractivity contribution >= 4 is 53.1 Å². The molecule has 7 rings (SSSR count). The molecule has 0 N–H and O–H groups in total. The molecule has 8 heteroatoms. The zero-order valence-electron chi connectivity index (χ0n) is 30.2. The van der Waals surface area contributed by atoms with Crippen LogP contribution in [0.5, 0.6) is 0 Å². The van der Waals surface area contributed by atoms with E-state index in [0.29, 0.717) is 54.1 Å². The van der Waals surface area contributed by atoms with Gasteiger partial charge in [0.2, 0.25) is 0 Å². The van der Waals surface area contributed by atoms with Gasteiger partial charge in [-0.25, -0.2) is 0 Å². The Morgan fingerprint density at radius 1 is 0.700 bits per heavy atom. The van der Waals surface area contributed by atoms with E-state index in [4.69, 9.17) is 9.16 Å². The molecular formula is C42H49N3O4Si. The first kappa shape index (κ1) is 34.2. The van der Waals surface area contributed by atoms with Gasteiger partial charge in [0.05, 0.1) is 37.0 Å². The minimum Gasteiger partial charge on any atom is -0.413 e. The number of fused-ring (bicyclic) bond motifs is 12. The summed E-state index contributed by atoms with van der Waals surface area (Å²) in [5.41, 5.74) is 6.91. The maximum Gasteiger partial charge on any atom is 0.262 e. The largest absolute Gasteiger partial charge is 0.413 e. The molecule has 0 unspecified atom stereocenters. The van der Waals surface area contributed by atoms with Gasteiger partial charge in [-0.15, -0.1) is 0 Å². The van der Waals surface area contributed by atoms with Crippen LogP contribution in [0.3, 0.4) is 0 Å². The van der Waals surface area contributed by atoms with Crippen LogP contribution in [0, 0.1) is 0 Å². The second kappa shape index (κ2) is 13.8. The fourth-order valence-corrected chi connectivity index (χ4v) is 14.3. The third-order valence-electron chi connectivity index (χ3n) is 11.1. The molecule has 1 atom stereocenters. The molecule has 0 saturated heterocycles. The quantitative estimate of drug-likeness (QED) is 0.121. The van der Waals surface area contributed by atoms with Crippen LogP contribution in [0.15, 0.2) is 91.3 Å². The Morgan fingerprint density at radius 3 is 1.74 bits per heavy atom. The summed E-state index contributed by atoms with van der Waals surface area (Å²) in [5.74, 6) is -0.519. The summed E-state index contributed by atoms with van der Waals surface area (Å²) >= 11 is 0. The van der Waals surface area contributed by atoms with Gasteiger partial charge in [-0.05, 0) is 40.7 Å². The third-order valence-corrected chi connectivity index (χ3v) is 17.2. The lowest BCUT2D eigenvalue weighted by molar-refractivity contribution is -0.136. The number of aryl methyl sites for hydroxylation is 1. The maximum atomic E-state index is 14.6. The van der Waals surface area contributed by atoms with Crippen molar-refractivity contribution in [1.82, 2.24) is 14.0 Å². The fraction of sp³-hybridized carbons (Fsp3) is 0.381. The van der Waals surface area contributed by atoms with Crippen molar-refractivity contribution in [2.24, 2.45) is 0 Å². The van der Waals surface area contributed by atoms with Gasteiger partial charge in [0.15, 0.2) is 8.32 Å². The van der Waals surface area contributed by atoms with Crippen LogP contribution in [0.25, 0.3) is 33.0 Å². The molecule has 0 saturated carbocycles. The van der Waals surface area contributed by atoms with E-state index >= 15 is 0 Å². The SMILES string of the molecule is CC(C)[Si](OC[C@@H]1CCn2cc(c3ccccc32)C2=C(C(=O)N(Cc3ccccc3)C2=O)c2cn(c3ccccc23)CCO1)(C(C)C)C(C)C. The number of carbonyl (C=O) groups is 2. The second-order valence-corrected chi connectivity index (χ2v) is 20.3. The molecule has 0 spiro atoms. The van der Waals surface area contributed by atoms with Crippen LogP contribution < -0.4 is 0 Å². The lowest BCUT2D eigenvalue weighted by atomic mass is 9.95. The van der Waals surface area contributed by atoms with Crippen LogP contribution in [0.1, 0.15) is 64.7 Å². The molecule has 3 aromatic carbocycles. The number of aromatic nitrogens is 2. The van der Waals surface area contributed by atoms with Gasteiger partial charge >= 0.3 is 0 Å². The van der Waals surface area contributed by atoms with E-state index < -0.39 is 8.32 Å². The Morgan fingerprint density at radius 2 is 1.20 bits per heavy atom. The Bertz CT molecular complexity index is 2050. The molecule has 50 heavy (non-hydrogen) atoms. The topological polar surface area (TPSA) is 65.7 Å². The number of para-hydroxylation sites is 2. The highest BCUT2D eigenvalue weighted by molar-refractivity contribution is 6.77. The molecule has 2 aromatic heterocycles. The summed E-state index contributed by atoms with van der Waals surface area (Å²) in [6, 6.07) is 26.1. The molecule has 2 aliphatic rings. The first-order valence-corrected chi connectivity index (χ1v) is 20.3. The van der Waals surface area contributed by atoms with Crippen LogP contribution in [0.4, 0.5) is 0 Å². The predicted octanol–water partition coefficient (Wildman–Crippen LogP) is 9.06. The predicted molar refractivity (Wildman–Crippen MR) is 204 cm³/mol. The molecule has 2 amide bonds. The molecule has 4 bridgehead atoms. The number of amides is 2. The van der Waals surface area contributed by atoms with E-state index in [2.05, 4.69) is 81.1 Å². The van der Waals surface area contributed by atoms with Gasteiger partial charge in [0.1, 0.15) is 0 Å². The van der Waals surface area contributed by atoms with Gasteiger partial charge < -0.3 is 18.3 Å². The Kier molecular flexibility index (Phi) is 9.45. The first-order valence-electron chi connectivity index (χ1n) is 18.2. The van der Waals surface area contributed by atoms with Crippen molar-refractivity contribution in [3.63, 3.8) is 0 Å². The Balaban J connectivity index is 1.35. The van der Waals surface area contributed by atoms with Crippen molar-refractivity contribution < 1.29 is 18.8 Å². The summed E-state index contributed by atoms with van der Waals surface area (Å²) in [5, 5.41) is 1.91. The smallest absolute Gasteiger partial charge is 0.262 e. The minimum atomic E-state index is -2.10. The van der Waals surface area contributed by atoms with Crippen LogP contribution in [-0.4, -0.2) is 53.5 Å². The number of rotatable bonds is 8. The number of imide groups is 1. The molecule has 0 fully saturated rings. The van der Waals surface area contributed by atoms with Crippen molar-refractivity contribution in [2.75, 3.05) is 13.2 Å². The van der Waals surface area contributed by atoms with Crippen LogP contribution >= 0.6 is 0 Å². The van der Waals surface area contributed by atoms with Crippen molar-refractivity contribution in [3.8, 4) is 0 Å². The van der Waals surface area contributed by atoms with Crippen LogP contribution in [-0.2, 0) is 38.4 Å². The summed E-state index contributed by atoms with van der Waals surface area (Å²) in [7, 11) is -2.10. The summed E-state index contributed by atoms with van der Waals surface area (Å²) in [6.45, 7) is 16.5. The highest BCUT2D eigenvalue weighted by Crippen LogP contribution is 2.44. The number of ether oxygens (including phenoxy) is 1. The zero-order valence-corrected chi connectivity index (χ0v) is 31.2. The highest BCUT2D eigenvalue weighted by Gasteiger charge is 2.46. The molecule has 260 valence electrons. The number of nitrogens with zero attached hydrogens (tertiary/aromatic N) is 3. The lowest BCUT2D eigenvalue weighted by Gasteiger charge is -2.43. The number of carbonyl (C=O) groups excluding carboxylic acids is 2. The maximum absolute atomic E-state index is 14.6. The van der Waals surface area contributed by atoms with Gasteiger partial charge in [0, 0.05) is 58.4 Å². The monoisotopic (exact) mass is 687 g/mol. The fourth-order valence-electron chi connectivity index (χ4n) is 8.80. The molecule has 0 aliphatic carbocycles. The first-order chi connectivity index (χ1) is 24.1. The summed E-state index contributed by atoms with van der Waals surface area (Å²) in [6.07, 6.45) is 4.78. The van der Waals surface area contributed by atoms with E-state index in [1.807, 2.05) is 60.8 Å². The zero-order chi connectivity index (χ0) is 35.2. The molecule has 5 aromatic rings. The van der Waals surface area contributed by atoms with Crippen molar-refractivity contribution in [3.05, 3.63) is 108 Å². The van der Waals surface area contributed by atoms with Gasteiger partial charge in [-0.1, -0.05) is 108 Å². The Labute approximate surface area is 296 Å². The Hall–Kier alpha value is -4.24. The highest BCUT2D eigenvalue weighted by atomic mass is 28.4. The molecule has 4 heterocycles. The number of hydrogen-bond acceptors (Lipinski definition) is 4. The second-order valence-electron chi connectivity index (χ2n) is 14.8. The van der Waals surface area contributed by atoms with E-state index in [1.54, 1.807) is 0 Å². The van der Waals surface area contributed by atoms with Crippen molar-refractivity contribution in [1.29, 1.82) is 0 Å². The molecule has 7 nitrogen and oxygen atoms in total. The average Bonchev–Trinajstić information content (AvgIpc) is 3.72. The van der Waals surface area contributed by atoms with E-state index in [9.17, 15) is 9.59 Å². The third kappa shape index (κ3) is 5.87. The van der Waals surface area contributed by atoms with E-state index in [1.165, 1.54) is 4.90 Å². The van der Waals surface area contributed by atoms with Gasteiger partial charge in [0.25, 0.3) is 11.8 Å². The number of benzene rings is 3. The summed E-state index contributed by atoms with van der Waals surface area (Å²) in [4.78, 5) is 30.5. The molecular weight excluding hydrogens is 639 g/mol. The average molecular weight is 688 g/mol. The normalized spacial score (nSPS) is 17.5. The summed E-state index contributed by atoms with van der Waals surface area (Å²) < 4.78 is 18.2. The molecule has 0 radical (unpaired) electrons. The van der Waals surface area contributed by atoms with E-state index in [-0.39, 0.29) is 24.5 Å². The van der Waals surface area contributed by atoms with Gasteiger partial charge in [-0.2, -0.15) is 0 Å². The van der Waals surface area contributed by atoms with E-state index in [0.717, 1.165) is 44.9 Å². The number of hydrogen-bond donors (Lipinski definition) is 0. The van der Waals surface area contributed by atoms with Gasteiger partial charge in [-0.3, -0.25) is 14.5 Å². The van der Waals surface area contributed by atoms with Crippen LogP contribution in [0.2, 0.25) is 16.6 Å².